The highest BCUT2D eigenvalue weighted by atomic mass is 16.7. The fourth-order valence-corrected chi connectivity index (χ4v) is 9.22. The minimum atomic E-state index is -1.63. The van der Waals surface area contributed by atoms with Gasteiger partial charge in [0.15, 0.2) is 12.4 Å². The minimum Gasteiger partial charge on any atom is -0.545 e. The lowest BCUT2D eigenvalue weighted by Gasteiger charge is -2.26. The van der Waals surface area contributed by atoms with Crippen LogP contribution in [0.1, 0.15) is 284 Å². The molecule has 0 bridgehead atoms. The molecule has 0 aliphatic rings. The maximum atomic E-state index is 12.9. The predicted molar refractivity (Wildman–Crippen MR) is 343 cm³/mol. The number of carbonyl (C=O) groups is 3. The van der Waals surface area contributed by atoms with Crippen molar-refractivity contribution in [1.29, 1.82) is 0 Å². The zero-order valence-corrected chi connectivity index (χ0v) is 53.1. The molecule has 0 rings (SSSR count). The van der Waals surface area contributed by atoms with Crippen molar-refractivity contribution in [3.8, 4) is 0 Å². The Balaban J connectivity index is 4.14. The number of unbranched alkanes of at least 4 members (excludes halogenated alkanes) is 30. The number of likely N-dealkylation sites (N-methyl/N-ethyl adjacent to an activating group) is 1. The van der Waals surface area contributed by atoms with Gasteiger partial charge in [-0.25, -0.2) is 0 Å². The summed E-state index contributed by atoms with van der Waals surface area (Å²) < 4.78 is 22.7. The van der Waals surface area contributed by atoms with Crippen molar-refractivity contribution >= 4 is 17.9 Å². The van der Waals surface area contributed by atoms with Crippen LogP contribution in [-0.4, -0.2) is 82.3 Å². The van der Waals surface area contributed by atoms with Gasteiger partial charge in [-0.05, 0) is 96.3 Å². The molecular weight excluding hydrogens is 1010 g/mol. The Kier molecular flexibility index (Phi) is 59.3. The number of carboxylic acids is 1. The van der Waals surface area contributed by atoms with Crippen LogP contribution in [0.2, 0.25) is 0 Å². The summed E-state index contributed by atoms with van der Waals surface area (Å²) in [5, 5.41) is 11.8. The number of esters is 2. The molecular formula is C72H125NO8. The van der Waals surface area contributed by atoms with Crippen molar-refractivity contribution in [2.75, 3.05) is 47.5 Å². The van der Waals surface area contributed by atoms with E-state index < -0.39 is 24.3 Å². The molecule has 0 aromatic rings. The lowest BCUT2D eigenvalue weighted by Crippen LogP contribution is -2.44. The van der Waals surface area contributed by atoms with Gasteiger partial charge >= 0.3 is 11.9 Å². The number of hydrogen-bond donors (Lipinski definition) is 0. The number of ether oxygens (including phenoxy) is 4. The molecule has 0 aliphatic heterocycles. The van der Waals surface area contributed by atoms with E-state index in [0.717, 1.165) is 89.9 Å². The fourth-order valence-electron chi connectivity index (χ4n) is 9.22. The summed E-state index contributed by atoms with van der Waals surface area (Å²) in [7, 11) is 5.92. The Morgan fingerprint density at radius 2 is 0.704 bits per heavy atom. The Hall–Kier alpha value is -3.79. The maximum absolute atomic E-state index is 12.9. The smallest absolute Gasteiger partial charge is 0.306 e. The number of rotatable bonds is 61. The average Bonchev–Trinajstić information content (AvgIpc) is 3.44. The molecule has 0 spiro atoms. The van der Waals surface area contributed by atoms with E-state index in [0.29, 0.717) is 17.4 Å². The lowest BCUT2D eigenvalue weighted by atomic mass is 10.0. The van der Waals surface area contributed by atoms with E-state index in [9.17, 15) is 19.5 Å². The zero-order valence-electron chi connectivity index (χ0n) is 53.1. The largest absolute Gasteiger partial charge is 0.545 e. The van der Waals surface area contributed by atoms with E-state index in [1.165, 1.54) is 161 Å². The van der Waals surface area contributed by atoms with Crippen molar-refractivity contribution in [2.45, 2.75) is 296 Å². The first-order valence-electron chi connectivity index (χ1n) is 33.4. The first kappa shape index (κ1) is 77.2. The Bertz CT molecular complexity index is 1650. The number of quaternary nitrogens is 1. The molecule has 0 aromatic heterocycles. The van der Waals surface area contributed by atoms with Crippen LogP contribution in [0, 0.1) is 0 Å². The third-order valence-electron chi connectivity index (χ3n) is 14.3. The zero-order chi connectivity index (χ0) is 59.1. The second-order valence-electron chi connectivity index (χ2n) is 23.4. The highest BCUT2D eigenvalue weighted by Gasteiger charge is 2.22. The number of aliphatic carboxylic acids is 1. The number of nitrogens with zero attached hydrogens (tertiary/aromatic N) is 1. The van der Waals surface area contributed by atoms with Gasteiger partial charge in [-0.15, -0.1) is 0 Å². The van der Waals surface area contributed by atoms with Crippen LogP contribution in [0.4, 0.5) is 0 Å². The van der Waals surface area contributed by atoms with E-state index in [-0.39, 0.29) is 38.6 Å². The summed E-state index contributed by atoms with van der Waals surface area (Å²) in [5.74, 6) is -2.31. The SMILES string of the molecule is CC/C=C\C/C=C\C/C=C\C/C=C\C/C=C\C/C=C\CCCCCCC(=O)OC(COC(=O)CCCCCCCCCCCCCCCCCCCCCCC/C=C\C/C=C\CCCCCCC)COC(OCC[N+](C)(C)C)C(=O)[O-]. The Morgan fingerprint density at radius 1 is 0.383 bits per heavy atom. The van der Waals surface area contributed by atoms with Crippen LogP contribution in [0.25, 0.3) is 0 Å². The van der Waals surface area contributed by atoms with Crippen LogP contribution in [0.3, 0.4) is 0 Å². The molecule has 9 heteroatoms. The van der Waals surface area contributed by atoms with E-state index in [4.69, 9.17) is 18.9 Å². The van der Waals surface area contributed by atoms with Gasteiger partial charge in [0.2, 0.25) is 0 Å². The summed E-state index contributed by atoms with van der Waals surface area (Å²) in [5.41, 5.74) is 0. The molecule has 0 aliphatic carbocycles. The molecule has 466 valence electrons. The van der Waals surface area contributed by atoms with Crippen LogP contribution in [0.5, 0.6) is 0 Å². The molecule has 2 unspecified atom stereocenters. The van der Waals surface area contributed by atoms with Crippen LogP contribution >= 0.6 is 0 Å². The van der Waals surface area contributed by atoms with Crippen LogP contribution < -0.4 is 5.11 Å². The number of carbonyl (C=O) groups excluding carboxylic acids is 3. The molecule has 0 heterocycles. The summed E-state index contributed by atoms with van der Waals surface area (Å²) in [6.45, 7) is 4.61. The van der Waals surface area contributed by atoms with Crippen molar-refractivity contribution in [2.24, 2.45) is 0 Å². The van der Waals surface area contributed by atoms with Gasteiger partial charge in [-0.1, -0.05) is 272 Å². The topological polar surface area (TPSA) is 111 Å². The molecule has 0 saturated heterocycles. The molecule has 0 amide bonds. The Morgan fingerprint density at radius 3 is 1.05 bits per heavy atom. The molecule has 0 radical (unpaired) electrons. The van der Waals surface area contributed by atoms with Gasteiger partial charge in [-0.2, -0.15) is 0 Å². The van der Waals surface area contributed by atoms with E-state index in [1.807, 2.05) is 21.1 Å². The first-order chi connectivity index (χ1) is 39.6. The number of carboxylic acid groups (broad SMARTS) is 1. The second kappa shape index (κ2) is 62.3. The highest BCUT2D eigenvalue weighted by Crippen LogP contribution is 2.17. The quantitative estimate of drug-likeness (QED) is 0.0195. The van der Waals surface area contributed by atoms with E-state index in [2.05, 4.69) is 111 Å². The molecule has 2 atom stereocenters. The summed E-state index contributed by atoms with van der Waals surface area (Å²) in [6, 6.07) is 0. The standard InChI is InChI=1S/C72H125NO8/c1-6-8-10-12-14-16-18-20-22-24-26-28-30-31-32-33-34-35-36-37-38-39-41-42-44-46-48-50-52-54-56-58-60-62-69(74)79-66-68(67-80-72(71(76)77)78-65-64-73(3,4)5)81-70(75)63-61-59-57-55-53-51-49-47-45-43-40-29-27-25-23-21-19-17-15-13-11-9-7-2/h9,11,15,17-18,20-21,23-24,26-27,29,43,45,49,51,68,72H,6-8,10,12-14,16,19,22,25,28,30-42,44,46-48,50,52-67H2,1-5H3/b11-9-,17-15-,20-18-,23-21-,26-24-,29-27-,45-43-,51-49-. The van der Waals surface area contributed by atoms with Crippen LogP contribution in [0.15, 0.2) is 97.2 Å². The van der Waals surface area contributed by atoms with Gasteiger partial charge in [0.05, 0.1) is 40.3 Å². The monoisotopic (exact) mass is 1130 g/mol. The normalized spacial score (nSPS) is 13.3. The van der Waals surface area contributed by atoms with Gasteiger partial charge in [0.25, 0.3) is 0 Å². The third kappa shape index (κ3) is 63.6. The van der Waals surface area contributed by atoms with Crippen molar-refractivity contribution in [3.63, 3.8) is 0 Å². The number of hydrogen-bond acceptors (Lipinski definition) is 8. The summed E-state index contributed by atoms with van der Waals surface area (Å²) in [4.78, 5) is 37.4. The van der Waals surface area contributed by atoms with Gasteiger partial charge in [0.1, 0.15) is 13.2 Å². The fraction of sp³-hybridized carbons (Fsp3) is 0.736. The van der Waals surface area contributed by atoms with E-state index in [1.54, 1.807) is 0 Å². The molecule has 9 nitrogen and oxygen atoms in total. The second-order valence-corrected chi connectivity index (χ2v) is 23.4. The molecule has 0 aromatic carbocycles. The number of allylic oxidation sites excluding steroid dienone is 16. The molecule has 81 heavy (non-hydrogen) atoms. The molecule has 0 saturated carbocycles. The van der Waals surface area contributed by atoms with Crippen molar-refractivity contribution < 1.29 is 42.9 Å². The highest BCUT2D eigenvalue weighted by molar-refractivity contribution is 5.70. The van der Waals surface area contributed by atoms with Gasteiger partial charge < -0.3 is 33.3 Å². The van der Waals surface area contributed by atoms with Gasteiger partial charge in [0, 0.05) is 12.8 Å². The van der Waals surface area contributed by atoms with E-state index >= 15 is 0 Å². The average molecular weight is 1130 g/mol. The lowest BCUT2D eigenvalue weighted by molar-refractivity contribution is -0.870. The Labute approximate surface area is 499 Å². The van der Waals surface area contributed by atoms with Gasteiger partial charge in [-0.3, -0.25) is 9.59 Å². The summed E-state index contributed by atoms with van der Waals surface area (Å²) in [6.07, 6.45) is 82.0. The molecule has 0 fully saturated rings. The summed E-state index contributed by atoms with van der Waals surface area (Å²) >= 11 is 0. The third-order valence-corrected chi connectivity index (χ3v) is 14.3. The first-order valence-corrected chi connectivity index (χ1v) is 33.4. The molecule has 0 N–H and O–H groups in total. The minimum absolute atomic E-state index is 0.139. The van der Waals surface area contributed by atoms with Crippen molar-refractivity contribution in [1.82, 2.24) is 0 Å². The maximum Gasteiger partial charge on any atom is 0.306 e. The predicted octanol–water partition coefficient (Wildman–Crippen LogP) is 19.1. The van der Waals surface area contributed by atoms with Crippen LogP contribution in [-0.2, 0) is 33.3 Å². The van der Waals surface area contributed by atoms with Crippen molar-refractivity contribution in [3.05, 3.63) is 97.2 Å².